The Bertz CT molecular complexity index is 1940. The molecule has 0 unspecified atom stereocenters. The van der Waals surface area contributed by atoms with Crippen molar-refractivity contribution in [1.29, 1.82) is 0 Å². The first-order valence-corrected chi connectivity index (χ1v) is 16.1. The molecule has 1 aromatic heterocycles. The van der Waals surface area contributed by atoms with E-state index < -0.39 is 0 Å². The van der Waals surface area contributed by atoms with Crippen LogP contribution in [0.2, 0.25) is 0 Å². The lowest BCUT2D eigenvalue weighted by Gasteiger charge is -2.29. The monoisotopic (exact) mass is 572 g/mol. The maximum Gasteiger partial charge on any atom is 0.228 e. The molecule has 0 N–H and O–H groups in total. The van der Waals surface area contributed by atoms with Gasteiger partial charge in [-0.05, 0) is 99.2 Å². The van der Waals surface area contributed by atoms with Crippen LogP contribution in [0.4, 0.5) is 0 Å². The van der Waals surface area contributed by atoms with E-state index in [0.29, 0.717) is 0 Å². The fourth-order valence-corrected chi connectivity index (χ4v) is 7.29. The SMILES string of the molecule is Cc1cc2cc3c4c([n+](C)ccc4c2cc1CC(C)(C)C)-c1c(c(CC(C)(C)C)c2ccc(CC(C)(C)C)cc2c1C)O3. The maximum atomic E-state index is 7.13. The van der Waals surface area contributed by atoms with Gasteiger partial charge in [0.15, 0.2) is 6.20 Å². The summed E-state index contributed by atoms with van der Waals surface area (Å²) in [5.74, 6) is 2.02. The van der Waals surface area contributed by atoms with Crippen molar-refractivity contribution in [2.75, 3.05) is 0 Å². The molecule has 0 amide bonds. The van der Waals surface area contributed by atoms with Crippen LogP contribution in [-0.4, -0.2) is 0 Å². The summed E-state index contributed by atoms with van der Waals surface area (Å²) < 4.78 is 9.45. The van der Waals surface area contributed by atoms with E-state index in [1.165, 1.54) is 71.4 Å². The Morgan fingerprint density at radius 1 is 0.674 bits per heavy atom. The number of hydrogen-bond acceptors (Lipinski definition) is 1. The van der Waals surface area contributed by atoms with Crippen LogP contribution in [0.15, 0.2) is 48.7 Å². The zero-order valence-electron chi connectivity index (χ0n) is 28.6. The third-order valence-electron chi connectivity index (χ3n) is 8.96. The van der Waals surface area contributed by atoms with E-state index >= 15 is 0 Å². The quantitative estimate of drug-likeness (QED) is 0.152. The minimum absolute atomic E-state index is 0.113. The highest BCUT2D eigenvalue weighted by atomic mass is 16.5. The summed E-state index contributed by atoms with van der Waals surface area (Å²) in [4.78, 5) is 0. The third-order valence-corrected chi connectivity index (χ3v) is 8.96. The van der Waals surface area contributed by atoms with Gasteiger partial charge in [0.25, 0.3) is 0 Å². The Kier molecular flexibility index (Phi) is 6.77. The second kappa shape index (κ2) is 9.81. The van der Waals surface area contributed by atoms with Gasteiger partial charge < -0.3 is 4.74 Å². The van der Waals surface area contributed by atoms with E-state index in [9.17, 15) is 0 Å². The summed E-state index contributed by atoms with van der Waals surface area (Å²) in [6.45, 7) is 25.5. The van der Waals surface area contributed by atoms with E-state index in [-0.39, 0.29) is 16.2 Å². The molecule has 0 aliphatic carbocycles. The third kappa shape index (κ3) is 5.43. The van der Waals surface area contributed by atoms with Crippen LogP contribution in [-0.2, 0) is 26.3 Å². The van der Waals surface area contributed by atoms with Crippen LogP contribution in [0.5, 0.6) is 11.5 Å². The second-order valence-corrected chi connectivity index (χ2v) is 16.9. The smallest absolute Gasteiger partial charge is 0.228 e. The van der Waals surface area contributed by atoms with Gasteiger partial charge in [0.2, 0.25) is 5.69 Å². The molecule has 0 fully saturated rings. The number of aromatic nitrogens is 1. The van der Waals surface area contributed by atoms with Crippen LogP contribution in [0, 0.1) is 30.1 Å². The fourth-order valence-electron chi connectivity index (χ4n) is 7.29. The van der Waals surface area contributed by atoms with E-state index in [1.54, 1.807) is 0 Å². The number of rotatable bonds is 3. The first kappa shape index (κ1) is 29.7. The predicted molar refractivity (Wildman–Crippen MR) is 185 cm³/mol. The summed E-state index contributed by atoms with van der Waals surface area (Å²) >= 11 is 0. The number of nitrogens with zero attached hydrogens (tertiary/aromatic N) is 1. The van der Waals surface area contributed by atoms with Gasteiger partial charge in [-0.2, -0.15) is 0 Å². The Morgan fingerprint density at radius 2 is 1.35 bits per heavy atom. The fraction of sp³-hybridized carbons (Fsp3) is 0.439. The molecule has 0 radical (unpaired) electrons. The Hall–Kier alpha value is -3.39. The van der Waals surface area contributed by atoms with Gasteiger partial charge in [-0.3, -0.25) is 0 Å². The van der Waals surface area contributed by atoms with Crippen LogP contribution in [0.25, 0.3) is 43.6 Å². The van der Waals surface area contributed by atoms with E-state index in [1.807, 2.05) is 0 Å². The van der Waals surface area contributed by atoms with Crippen molar-refractivity contribution >= 4 is 32.3 Å². The van der Waals surface area contributed by atoms with Crippen LogP contribution in [0.1, 0.15) is 90.1 Å². The summed E-state index contributed by atoms with van der Waals surface area (Å²) in [5.41, 5.74) is 9.92. The number of ether oxygens (including phenoxy) is 1. The van der Waals surface area contributed by atoms with Crippen LogP contribution < -0.4 is 9.30 Å². The average molecular weight is 573 g/mol. The molecule has 2 heteroatoms. The first-order chi connectivity index (χ1) is 19.9. The highest BCUT2D eigenvalue weighted by Crippen LogP contribution is 2.53. The normalized spacial score (nSPS) is 13.6. The van der Waals surface area contributed by atoms with E-state index in [0.717, 1.165) is 30.8 Å². The summed E-state index contributed by atoms with van der Waals surface area (Å²) in [6, 6.07) is 16.6. The number of hydrogen-bond donors (Lipinski definition) is 0. The highest BCUT2D eigenvalue weighted by molar-refractivity contribution is 6.16. The molecule has 4 aromatic carbocycles. The number of pyridine rings is 1. The van der Waals surface area contributed by atoms with Gasteiger partial charge in [0.1, 0.15) is 18.5 Å². The molecule has 1 aliphatic rings. The van der Waals surface area contributed by atoms with Crippen molar-refractivity contribution < 1.29 is 9.30 Å². The molecule has 5 aromatic rings. The van der Waals surface area contributed by atoms with Gasteiger partial charge in [0.05, 0.1) is 10.9 Å². The summed E-state index contributed by atoms with van der Waals surface area (Å²) in [5, 5.41) is 7.75. The molecule has 43 heavy (non-hydrogen) atoms. The van der Waals surface area contributed by atoms with Gasteiger partial charge in [0, 0.05) is 17.0 Å². The van der Waals surface area contributed by atoms with Crippen molar-refractivity contribution in [3.8, 4) is 22.8 Å². The second-order valence-electron chi connectivity index (χ2n) is 16.9. The van der Waals surface area contributed by atoms with Crippen molar-refractivity contribution in [3.05, 3.63) is 76.5 Å². The lowest BCUT2D eigenvalue weighted by molar-refractivity contribution is -0.659. The van der Waals surface area contributed by atoms with Gasteiger partial charge in [-0.15, -0.1) is 0 Å². The Balaban J connectivity index is 1.71. The zero-order chi connectivity index (χ0) is 31.2. The van der Waals surface area contributed by atoms with Crippen molar-refractivity contribution in [2.45, 2.75) is 95.4 Å². The molecule has 0 atom stereocenters. The van der Waals surface area contributed by atoms with Crippen LogP contribution >= 0.6 is 0 Å². The topological polar surface area (TPSA) is 13.1 Å². The number of fused-ring (bicyclic) bond motifs is 5. The predicted octanol–water partition coefficient (Wildman–Crippen LogP) is 11.1. The lowest BCUT2D eigenvalue weighted by Crippen LogP contribution is -2.32. The molecule has 6 rings (SSSR count). The standard InChI is InChI=1S/C41H50NO/c1-24-17-27-20-34-36-30(32(27)19-28(24)22-40(6,7)8)15-16-42(12)37(36)35-25(2)31-18-26(21-39(3,4)5)13-14-29(31)33(38(35)43-34)23-41(9,10)11/h13-20H,21-23H2,1-12H3/q+1. The van der Waals surface area contributed by atoms with E-state index in [2.05, 4.69) is 136 Å². The largest absolute Gasteiger partial charge is 0.455 e. The molecular weight excluding hydrogens is 522 g/mol. The van der Waals surface area contributed by atoms with Crippen molar-refractivity contribution in [2.24, 2.45) is 23.3 Å². The lowest BCUT2D eigenvalue weighted by atomic mass is 9.80. The molecule has 0 bridgehead atoms. The summed E-state index contributed by atoms with van der Waals surface area (Å²) in [6.07, 6.45) is 5.31. The molecule has 0 saturated heterocycles. The van der Waals surface area contributed by atoms with Gasteiger partial charge in [-0.1, -0.05) is 92.6 Å². The molecule has 0 spiro atoms. The zero-order valence-corrected chi connectivity index (χ0v) is 28.6. The molecule has 2 nitrogen and oxygen atoms in total. The first-order valence-electron chi connectivity index (χ1n) is 16.1. The van der Waals surface area contributed by atoms with Crippen LogP contribution in [0.3, 0.4) is 0 Å². The molecular formula is C41H50NO+. The Labute approximate surface area is 259 Å². The van der Waals surface area contributed by atoms with E-state index in [4.69, 9.17) is 4.74 Å². The average Bonchev–Trinajstić information content (AvgIpc) is 2.86. The summed E-state index contributed by atoms with van der Waals surface area (Å²) in [7, 11) is 2.20. The van der Waals surface area contributed by atoms with Crippen molar-refractivity contribution in [3.63, 3.8) is 0 Å². The molecule has 0 saturated carbocycles. The molecule has 1 aliphatic heterocycles. The Morgan fingerprint density at radius 3 is 2.00 bits per heavy atom. The maximum absolute atomic E-state index is 7.13. The van der Waals surface area contributed by atoms with Gasteiger partial charge in [-0.25, -0.2) is 4.57 Å². The van der Waals surface area contributed by atoms with Gasteiger partial charge >= 0.3 is 0 Å². The molecule has 2 heterocycles. The minimum atomic E-state index is 0.113. The molecule has 224 valence electrons. The highest BCUT2D eigenvalue weighted by Gasteiger charge is 2.34. The minimum Gasteiger partial charge on any atom is -0.455 e. The number of aryl methyl sites for hydroxylation is 3. The van der Waals surface area contributed by atoms with Crippen molar-refractivity contribution in [1.82, 2.24) is 0 Å². The number of benzene rings is 4.